The topological polar surface area (TPSA) is 81.1 Å². The van der Waals surface area contributed by atoms with Gasteiger partial charge in [-0.2, -0.15) is 0 Å². The van der Waals surface area contributed by atoms with Gasteiger partial charge >= 0.3 is 0 Å². The molecule has 1 aromatic rings. The number of nitrogens with one attached hydrogen (secondary N) is 1. The van der Waals surface area contributed by atoms with Crippen LogP contribution in [0.1, 0.15) is 18.0 Å². The summed E-state index contributed by atoms with van der Waals surface area (Å²) in [5.41, 5.74) is 11.4. The van der Waals surface area contributed by atoms with Crippen LogP contribution in [0, 0.1) is 0 Å². The van der Waals surface area contributed by atoms with E-state index < -0.39 is 31.0 Å². The van der Waals surface area contributed by atoms with Crippen LogP contribution in [0.3, 0.4) is 0 Å². The van der Waals surface area contributed by atoms with E-state index in [0.29, 0.717) is 0 Å². The summed E-state index contributed by atoms with van der Waals surface area (Å²) in [6.07, 6.45) is -0.0370. The molecule has 0 spiro atoms. The van der Waals surface area contributed by atoms with Gasteiger partial charge in [-0.3, -0.25) is 4.79 Å². The molecule has 0 heterocycles. The van der Waals surface area contributed by atoms with E-state index in [9.17, 15) is 13.6 Å². The predicted molar refractivity (Wildman–Crippen MR) is 65.0 cm³/mol. The molecule has 0 saturated carbocycles. The van der Waals surface area contributed by atoms with Crippen LogP contribution >= 0.6 is 0 Å². The zero-order valence-electron chi connectivity index (χ0n) is 9.90. The molecule has 1 unspecified atom stereocenters. The van der Waals surface area contributed by atoms with Crippen molar-refractivity contribution in [3.63, 3.8) is 0 Å². The number of nitrogens with two attached hydrogens (primary N) is 2. The smallest absolute Gasteiger partial charge is 0.277 e. The van der Waals surface area contributed by atoms with Crippen molar-refractivity contribution in [2.45, 2.75) is 18.4 Å². The van der Waals surface area contributed by atoms with E-state index in [1.807, 2.05) is 6.07 Å². The minimum atomic E-state index is -3.08. The first-order chi connectivity index (χ1) is 8.44. The summed E-state index contributed by atoms with van der Waals surface area (Å²) < 4.78 is 25.6. The zero-order valence-corrected chi connectivity index (χ0v) is 9.90. The largest absolute Gasteiger partial charge is 0.350 e. The van der Waals surface area contributed by atoms with Crippen LogP contribution in [0.2, 0.25) is 0 Å². The summed E-state index contributed by atoms with van der Waals surface area (Å²) in [4.78, 5) is 11.4. The Kier molecular flexibility index (Phi) is 5.18. The lowest BCUT2D eigenvalue weighted by molar-refractivity contribution is -0.123. The lowest BCUT2D eigenvalue weighted by Crippen LogP contribution is -2.42. The van der Waals surface area contributed by atoms with Gasteiger partial charge in [-0.15, -0.1) is 0 Å². The number of halogens is 2. The third-order valence-electron chi connectivity index (χ3n) is 2.48. The molecule has 1 rings (SSSR count). The Morgan fingerprint density at radius 3 is 2.50 bits per heavy atom. The van der Waals surface area contributed by atoms with E-state index in [1.165, 1.54) is 0 Å². The molecule has 0 aliphatic heterocycles. The third-order valence-corrected chi connectivity index (χ3v) is 2.48. The van der Waals surface area contributed by atoms with E-state index in [2.05, 4.69) is 5.32 Å². The maximum Gasteiger partial charge on any atom is 0.277 e. The zero-order chi connectivity index (χ0) is 13.6. The third kappa shape index (κ3) is 4.77. The van der Waals surface area contributed by atoms with Crippen molar-refractivity contribution in [2.75, 3.05) is 13.1 Å². The standard InChI is InChI=1S/C12H17F2N3O/c13-12(14,7-15)8-17-11(18)6-10(16)9-4-2-1-3-5-9/h1-5,10H,6-8,15-16H2,(H,17,18). The van der Waals surface area contributed by atoms with Gasteiger partial charge < -0.3 is 16.8 Å². The molecule has 0 aliphatic carbocycles. The van der Waals surface area contributed by atoms with Crippen LogP contribution in [0.4, 0.5) is 8.78 Å². The number of alkyl halides is 2. The summed E-state index contributed by atoms with van der Waals surface area (Å²) >= 11 is 0. The Hall–Kier alpha value is -1.53. The second-order valence-electron chi connectivity index (χ2n) is 4.06. The van der Waals surface area contributed by atoms with Crippen molar-refractivity contribution in [2.24, 2.45) is 11.5 Å². The fourth-order valence-corrected chi connectivity index (χ4v) is 1.39. The average Bonchev–Trinajstić information content (AvgIpc) is 2.37. The second kappa shape index (κ2) is 6.42. The molecule has 0 saturated heterocycles. The summed E-state index contributed by atoms with van der Waals surface area (Å²) in [6, 6.07) is 8.50. The number of rotatable bonds is 6. The van der Waals surface area contributed by atoms with Crippen molar-refractivity contribution in [3.8, 4) is 0 Å². The summed E-state index contributed by atoms with van der Waals surface area (Å²) in [6.45, 7) is -1.55. The quantitative estimate of drug-likeness (QED) is 0.704. The Bertz CT molecular complexity index is 384. The maximum absolute atomic E-state index is 12.8. The van der Waals surface area contributed by atoms with E-state index in [4.69, 9.17) is 11.5 Å². The Morgan fingerprint density at radius 2 is 1.94 bits per heavy atom. The Labute approximate surface area is 104 Å². The number of carbonyl (C=O) groups is 1. The van der Waals surface area contributed by atoms with Crippen LogP contribution < -0.4 is 16.8 Å². The van der Waals surface area contributed by atoms with Crippen molar-refractivity contribution in [1.29, 1.82) is 0 Å². The van der Waals surface area contributed by atoms with E-state index in [0.717, 1.165) is 5.56 Å². The number of benzene rings is 1. The van der Waals surface area contributed by atoms with Crippen LogP contribution in [0.25, 0.3) is 0 Å². The minimum Gasteiger partial charge on any atom is -0.350 e. The lowest BCUT2D eigenvalue weighted by Gasteiger charge is -2.16. The average molecular weight is 257 g/mol. The fraction of sp³-hybridized carbons (Fsp3) is 0.417. The molecule has 1 atom stereocenters. The summed E-state index contributed by atoms with van der Waals surface area (Å²) in [7, 11) is 0. The molecule has 100 valence electrons. The van der Waals surface area contributed by atoms with Crippen molar-refractivity contribution in [3.05, 3.63) is 35.9 Å². The van der Waals surface area contributed by atoms with Gasteiger partial charge in [0.05, 0.1) is 13.1 Å². The highest BCUT2D eigenvalue weighted by Crippen LogP contribution is 2.13. The first kappa shape index (κ1) is 14.5. The van der Waals surface area contributed by atoms with Crippen LogP contribution in [0.5, 0.6) is 0 Å². The minimum absolute atomic E-state index is 0.0370. The van der Waals surface area contributed by atoms with Gasteiger partial charge in [-0.25, -0.2) is 8.78 Å². The van der Waals surface area contributed by atoms with Crippen molar-refractivity contribution in [1.82, 2.24) is 5.32 Å². The molecule has 6 heteroatoms. The molecule has 1 aromatic carbocycles. The SMILES string of the molecule is NCC(F)(F)CNC(=O)CC(N)c1ccccc1. The highest BCUT2D eigenvalue weighted by molar-refractivity contribution is 5.76. The van der Waals surface area contributed by atoms with E-state index in [1.54, 1.807) is 24.3 Å². The molecular weight excluding hydrogens is 240 g/mol. The maximum atomic E-state index is 12.8. The number of carbonyl (C=O) groups excluding carboxylic acids is 1. The molecule has 0 radical (unpaired) electrons. The molecular formula is C12H17F2N3O. The van der Waals surface area contributed by atoms with Gasteiger partial charge in [0.1, 0.15) is 0 Å². The molecule has 0 aliphatic rings. The Morgan fingerprint density at radius 1 is 1.33 bits per heavy atom. The number of amides is 1. The predicted octanol–water partition coefficient (Wildman–Crippen LogP) is 0.787. The summed E-state index contributed by atoms with van der Waals surface area (Å²) in [5.74, 6) is -3.59. The van der Waals surface area contributed by atoms with E-state index >= 15 is 0 Å². The van der Waals surface area contributed by atoms with Gasteiger partial charge in [-0.05, 0) is 5.56 Å². The highest BCUT2D eigenvalue weighted by Gasteiger charge is 2.27. The van der Waals surface area contributed by atoms with Crippen LogP contribution in [0.15, 0.2) is 30.3 Å². The highest BCUT2D eigenvalue weighted by atomic mass is 19.3. The van der Waals surface area contributed by atoms with Gasteiger partial charge in [0, 0.05) is 12.5 Å². The van der Waals surface area contributed by atoms with Gasteiger partial charge in [0.15, 0.2) is 0 Å². The monoisotopic (exact) mass is 257 g/mol. The molecule has 18 heavy (non-hydrogen) atoms. The van der Waals surface area contributed by atoms with E-state index in [-0.39, 0.29) is 6.42 Å². The number of hydrogen-bond donors (Lipinski definition) is 3. The van der Waals surface area contributed by atoms with Gasteiger partial charge in [0.25, 0.3) is 5.92 Å². The fourth-order valence-electron chi connectivity index (χ4n) is 1.39. The van der Waals surface area contributed by atoms with Gasteiger partial charge in [-0.1, -0.05) is 30.3 Å². The molecule has 0 bridgehead atoms. The first-order valence-electron chi connectivity index (χ1n) is 5.60. The normalized spacial score (nSPS) is 13.1. The molecule has 0 aromatic heterocycles. The first-order valence-corrected chi connectivity index (χ1v) is 5.60. The summed E-state index contributed by atoms with van der Waals surface area (Å²) in [5, 5.41) is 2.13. The molecule has 1 amide bonds. The molecule has 4 nitrogen and oxygen atoms in total. The van der Waals surface area contributed by atoms with Crippen molar-refractivity contribution < 1.29 is 13.6 Å². The molecule has 0 fully saturated rings. The van der Waals surface area contributed by atoms with Crippen LogP contribution in [-0.2, 0) is 4.79 Å². The lowest BCUT2D eigenvalue weighted by atomic mass is 10.0. The van der Waals surface area contributed by atoms with Crippen LogP contribution in [-0.4, -0.2) is 24.9 Å². The Balaban J connectivity index is 2.41. The second-order valence-corrected chi connectivity index (χ2v) is 4.06. The number of hydrogen-bond acceptors (Lipinski definition) is 3. The van der Waals surface area contributed by atoms with Crippen molar-refractivity contribution >= 4 is 5.91 Å². The van der Waals surface area contributed by atoms with Gasteiger partial charge in [0.2, 0.25) is 5.91 Å². The molecule has 5 N–H and O–H groups in total.